The van der Waals surface area contributed by atoms with Crippen molar-refractivity contribution in [2.24, 2.45) is 5.92 Å². The summed E-state index contributed by atoms with van der Waals surface area (Å²) in [5.74, 6) is -3.02. The lowest BCUT2D eigenvalue weighted by atomic mass is 9.98. The standard InChI is InChI=1S/C24H27NO6/c1-24(2,3)31-23(29)25-13-15(22(27)28)12-21(26)30-14-20-18-10-6-4-8-16(18)17-9-5-7-11-19(17)20/h4-11,15,20H,12-14H2,1-3H3,(H,25,29)(H,27,28)/t15-/m1/s1. The Morgan fingerprint density at radius 3 is 2.06 bits per heavy atom. The van der Waals surface area contributed by atoms with Crippen molar-refractivity contribution >= 4 is 18.0 Å². The lowest BCUT2D eigenvalue weighted by Gasteiger charge is -2.21. The number of alkyl carbamates (subject to hydrolysis) is 1. The minimum atomic E-state index is -1.19. The van der Waals surface area contributed by atoms with Gasteiger partial charge in [-0.25, -0.2) is 4.79 Å². The predicted molar refractivity (Wildman–Crippen MR) is 115 cm³/mol. The summed E-state index contributed by atoms with van der Waals surface area (Å²) in [5, 5.41) is 11.8. The quantitative estimate of drug-likeness (QED) is 0.651. The van der Waals surface area contributed by atoms with Gasteiger partial charge in [0, 0.05) is 12.5 Å². The van der Waals surface area contributed by atoms with E-state index in [1.54, 1.807) is 20.8 Å². The van der Waals surface area contributed by atoms with Gasteiger partial charge in [-0.2, -0.15) is 0 Å². The van der Waals surface area contributed by atoms with E-state index in [-0.39, 0.29) is 25.5 Å². The fraction of sp³-hybridized carbons (Fsp3) is 0.375. The second kappa shape index (κ2) is 9.20. The average Bonchev–Trinajstić information content (AvgIpc) is 3.02. The third kappa shape index (κ3) is 5.63. The van der Waals surface area contributed by atoms with Crippen LogP contribution in [0.3, 0.4) is 0 Å². The van der Waals surface area contributed by atoms with E-state index in [0.717, 1.165) is 22.3 Å². The molecule has 0 saturated heterocycles. The number of carboxylic acids is 1. The number of fused-ring (bicyclic) bond motifs is 3. The second-order valence-electron chi connectivity index (χ2n) is 8.53. The minimum Gasteiger partial charge on any atom is -0.481 e. The first-order valence-electron chi connectivity index (χ1n) is 10.2. The monoisotopic (exact) mass is 425 g/mol. The van der Waals surface area contributed by atoms with E-state index in [4.69, 9.17) is 9.47 Å². The van der Waals surface area contributed by atoms with Crippen LogP contribution in [-0.2, 0) is 19.1 Å². The number of ether oxygens (including phenoxy) is 2. The summed E-state index contributed by atoms with van der Waals surface area (Å²) in [4.78, 5) is 35.7. The van der Waals surface area contributed by atoms with Crippen LogP contribution in [-0.4, -0.2) is 41.9 Å². The summed E-state index contributed by atoms with van der Waals surface area (Å²) in [6.45, 7) is 5.01. The number of carboxylic acid groups (broad SMARTS) is 1. The van der Waals surface area contributed by atoms with Crippen molar-refractivity contribution in [2.75, 3.05) is 13.2 Å². The first-order valence-corrected chi connectivity index (χ1v) is 10.2. The van der Waals surface area contributed by atoms with Gasteiger partial charge in [0.05, 0.1) is 12.3 Å². The molecule has 0 spiro atoms. The molecule has 31 heavy (non-hydrogen) atoms. The van der Waals surface area contributed by atoms with E-state index in [2.05, 4.69) is 5.32 Å². The van der Waals surface area contributed by atoms with Crippen molar-refractivity contribution in [3.05, 3.63) is 59.7 Å². The smallest absolute Gasteiger partial charge is 0.407 e. The van der Waals surface area contributed by atoms with Crippen LogP contribution in [0.5, 0.6) is 0 Å². The molecule has 3 rings (SSSR count). The number of carbonyl (C=O) groups is 3. The zero-order valence-electron chi connectivity index (χ0n) is 17.9. The number of amides is 1. The van der Waals surface area contributed by atoms with Gasteiger partial charge in [0.1, 0.15) is 12.2 Å². The molecule has 0 radical (unpaired) electrons. The highest BCUT2D eigenvalue weighted by Gasteiger charge is 2.30. The molecule has 0 bridgehead atoms. The van der Waals surface area contributed by atoms with E-state index in [0.29, 0.717) is 0 Å². The summed E-state index contributed by atoms with van der Waals surface area (Å²) >= 11 is 0. The SMILES string of the molecule is CC(C)(C)OC(=O)NC[C@@H](CC(=O)OCC1c2ccccc2-c2ccccc21)C(=O)O. The van der Waals surface area contributed by atoms with E-state index < -0.39 is 29.6 Å². The Labute approximate surface area is 181 Å². The van der Waals surface area contributed by atoms with Crippen LogP contribution >= 0.6 is 0 Å². The van der Waals surface area contributed by atoms with Gasteiger partial charge in [0.15, 0.2) is 0 Å². The first kappa shape index (κ1) is 22.3. The summed E-state index contributed by atoms with van der Waals surface area (Å²) in [6, 6.07) is 15.9. The molecule has 0 fully saturated rings. The molecule has 0 saturated carbocycles. The number of carbonyl (C=O) groups excluding carboxylic acids is 2. The third-order valence-electron chi connectivity index (χ3n) is 5.03. The summed E-state index contributed by atoms with van der Waals surface area (Å²) in [7, 11) is 0. The molecule has 1 amide bonds. The number of aliphatic carboxylic acids is 1. The van der Waals surface area contributed by atoms with Crippen molar-refractivity contribution in [3.63, 3.8) is 0 Å². The normalized spacial score (nSPS) is 13.6. The fourth-order valence-electron chi connectivity index (χ4n) is 3.64. The minimum absolute atomic E-state index is 0.0977. The van der Waals surface area contributed by atoms with Crippen LogP contribution in [0.4, 0.5) is 4.79 Å². The predicted octanol–water partition coefficient (Wildman–Crippen LogP) is 3.96. The summed E-state index contributed by atoms with van der Waals surface area (Å²) < 4.78 is 10.6. The van der Waals surface area contributed by atoms with E-state index >= 15 is 0 Å². The molecule has 2 N–H and O–H groups in total. The Hall–Kier alpha value is -3.35. The van der Waals surface area contributed by atoms with Crippen LogP contribution in [0, 0.1) is 5.92 Å². The zero-order chi connectivity index (χ0) is 22.6. The number of hydrogen-bond acceptors (Lipinski definition) is 5. The maximum absolute atomic E-state index is 12.4. The molecule has 2 aromatic rings. The van der Waals surface area contributed by atoms with Crippen LogP contribution in [0.15, 0.2) is 48.5 Å². The number of esters is 1. The van der Waals surface area contributed by atoms with Crippen LogP contribution < -0.4 is 5.32 Å². The van der Waals surface area contributed by atoms with Crippen LogP contribution in [0.1, 0.15) is 44.2 Å². The van der Waals surface area contributed by atoms with Gasteiger partial charge >= 0.3 is 18.0 Å². The molecule has 1 aliphatic rings. The summed E-state index contributed by atoms with van der Waals surface area (Å²) in [6.07, 6.45) is -1.08. The molecule has 1 aliphatic carbocycles. The lowest BCUT2D eigenvalue weighted by Crippen LogP contribution is -2.38. The molecule has 0 aromatic heterocycles. The first-order chi connectivity index (χ1) is 14.7. The molecular formula is C24H27NO6. The van der Waals surface area contributed by atoms with Crippen molar-refractivity contribution < 1.29 is 29.0 Å². The molecule has 164 valence electrons. The van der Waals surface area contributed by atoms with Crippen LogP contribution in [0.2, 0.25) is 0 Å². The largest absolute Gasteiger partial charge is 0.481 e. The zero-order valence-corrected chi connectivity index (χ0v) is 17.9. The molecule has 0 heterocycles. The lowest BCUT2D eigenvalue weighted by molar-refractivity contribution is -0.151. The third-order valence-corrected chi connectivity index (χ3v) is 5.03. The van der Waals surface area contributed by atoms with Crippen molar-refractivity contribution in [1.82, 2.24) is 5.32 Å². The van der Waals surface area contributed by atoms with Crippen molar-refractivity contribution in [2.45, 2.75) is 38.7 Å². The number of nitrogens with one attached hydrogen (secondary N) is 1. The van der Waals surface area contributed by atoms with Gasteiger partial charge in [-0.1, -0.05) is 48.5 Å². The van der Waals surface area contributed by atoms with Crippen molar-refractivity contribution in [3.8, 4) is 11.1 Å². The highest BCUT2D eigenvalue weighted by Crippen LogP contribution is 2.44. The Morgan fingerprint density at radius 1 is 1.00 bits per heavy atom. The molecule has 2 aromatic carbocycles. The van der Waals surface area contributed by atoms with Gasteiger partial charge in [0.25, 0.3) is 0 Å². The van der Waals surface area contributed by atoms with Gasteiger partial charge in [-0.15, -0.1) is 0 Å². The molecule has 7 heteroatoms. The molecule has 0 unspecified atom stereocenters. The van der Waals surface area contributed by atoms with Gasteiger partial charge in [-0.3, -0.25) is 9.59 Å². The highest BCUT2D eigenvalue weighted by molar-refractivity contribution is 5.81. The summed E-state index contributed by atoms with van der Waals surface area (Å²) in [5.41, 5.74) is 3.69. The number of hydrogen-bond donors (Lipinski definition) is 2. The maximum atomic E-state index is 12.4. The average molecular weight is 425 g/mol. The Morgan fingerprint density at radius 2 is 1.55 bits per heavy atom. The number of benzene rings is 2. The second-order valence-corrected chi connectivity index (χ2v) is 8.53. The topological polar surface area (TPSA) is 102 Å². The van der Waals surface area contributed by atoms with Gasteiger partial charge in [-0.05, 0) is 43.0 Å². The Balaban J connectivity index is 1.59. The van der Waals surface area contributed by atoms with Crippen molar-refractivity contribution in [1.29, 1.82) is 0 Å². The molecule has 7 nitrogen and oxygen atoms in total. The van der Waals surface area contributed by atoms with E-state index in [1.165, 1.54) is 0 Å². The highest BCUT2D eigenvalue weighted by atomic mass is 16.6. The van der Waals surface area contributed by atoms with E-state index in [1.807, 2.05) is 48.5 Å². The van der Waals surface area contributed by atoms with E-state index in [9.17, 15) is 19.5 Å². The van der Waals surface area contributed by atoms with Gasteiger partial charge in [0.2, 0.25) is 0 Å². The molecular weight excluding hydrogens is 398 g/mol. The molecule has 1 atom stereocenters. The Bertz CT molecular complexity index is 933. The Kier molecular flexibility index (Phi) is 6.63. The maximum Gasteiger partial charge on any atom is 0.407 e. The van der Waals surface area contributed by atoms with Crippen LogP contribution in [0.25, 0.3) is 11.1 Å². The number of rotatable bonds is 7. The fourth-order valence-corrected chi connectivity index (χ4v) is 3.64. The molecule has 0 aliphatic heterocycles. The van der Waals surface area contributed by atoms with Gasteiger partial charge < -0.3 is 19.9 Å².